The third-order valence-corrected chi connectivity index (χ3v) is 6.31. The molecule has 1 aliphatic rings. The SMILES string of the molecule is CC(C)(C)[C@@H]1CCc2c(sc(NC(=S)NC(=O)c3ccco3)c2C(N)=O)C1. The molecule has 144 valence electrons. The van der Waals surface area contributed by atoms with Crippen LogP contribution in [0.25, 0.3) is 0 Å². The average molecular weight is 406 g/mol. The second-order valence-electron chi connectivity index (χ2n) is 7.76. The smallest absolute Gasteiger partial charge is 0.293 e. The van der Waals surface area contributed by atoms with Crippen LogP contribution in [-0.2, 0) is 12.8 Å². The number of carbonyl (C=O) groups excluding carboxylic acids is 2. The number of rotatable bonds is 3. The number of carbonyl (C=O) groups is 2. The lowest BCUT2D eigenvalue weighted by Gasteiger charge is -2.33. The van der Waals surface area contributed by atoms with Crippen LogP contribution in [0.2, 0.25) is 0 Å². The molecule has 0 radical (unpaired) electrons. The molecule has 6 nitrogen and oxygen atoms in total. The maximum absolute atomic E-state index is 12.1. The van der Waals surface area contributed by atoms with Gasteiger partial charge >= 0.3 is 0 Å². The number of nitrogens with two attached hydrogens (primary N) is 1. The summed E-state index contributed by atoms with van der Waals surface area (Å²) in [4.78, 5) is 25.3. The van der Waals surface area contributed by atoms with Crippen LogP contribution in [0.5, 0.6) is 0 Å². The van der Waals surface area contributed by atoms with Gasteiger partial charge in [-0.3, -0.25) is 14.9 Å². The Labute approximate surface area is 167 Å². The lowest BCUT2D eigenvalue weighted by Crippen LogP contribution is -2.34. The van der Waals surface area contributed by atoms with Crippen molar-refractivity contribution in [1.82, 2.24) is 5.32 Å². The summed E-state index contributed by atoms with van der Waals surface area (Å²) in [6.45, 7) is 6.72. The predicted molar refractivity (Wildman–Crippen MR) is 110 cm³/mol. The number of fused-ring (bicyclic) bond motifs is 1. The van der Waals surface area contributed by atoms with Crippen molar-refractivity contribution in [2.75, 3.05) is 5.32 Å². The zero-order valence-electron chi connectivity index (χ0n) is 15.5. The van der Waals surface area contributed by atoms with E-state index in [4.69, 9.17) is 22.4 Å². The molecular weight excluding hydrogens is 382 g/mol. The molecule has 8 heteroatoms. The van der Waals surface area contributed by atoms with Crippen LogP contribution in [0.3, 0.4) is 0 Å². The van der Waals surface area contributed by atoms with Gasteiger partial charge in [0, 0.05) is 4.88 Å². The van der Waals surface area contributed by atoms with Gasteiger partial charge in [-0.25, -0.2) is 0 Å². The molecule has 0 aromatic carbocycles. The van der Waals surface area contributed by atoms with Crippen LogP contribution >= 0.6 is 23.6 Å². The van der Waals surface area contributed by atoms with Gasteiger partial charge in [0.15, 0.2) is 10.9 Å². The van der Waals surface area contributed by atoms with Gasteiger partial charge in [-0.05, 0) is 60.5 Å². The Balaban J connectivity index is 1.79. The van der Waals surface area contributed by atoms with Crippen LogP contribution in [-0.4, -0.2) is 16.9 Å². The second-order valence-corrected chi connectivity index (χ2v) is 9.28. The molecule has 0 fully saturated rings. The first-order valence-electron chi connectivity index (χ1n) is 8.77. The van der Waals surface area contributed by atoms with Crippen molar-refractivity contribution in [1.29, 1.82) is 0 Å². The molecule has 4 N–H and O–H groups in total. The summed E-state index contributed by atoms with van der Waals surface area (Å²) < 4.78 is 5.05. The van der Waals surface area contributed by atoms with Crippen LogP contribution in [0.4, 0.5) is 5.00 Å². The third-order valence-electron chi connectivity index (χ3n) is 4.94. The lowest BCUT2D eigenvalue weighted by molar-refractivity contribution is 0.0949. The van der Waals surface area contributed by atoms with Crippen LogP contribution in [0, 0.1) is 11.3 Å². The predicted octanol–water partition coefficient (Wildman–Crippen LogP) is 3.72. The van der Waals surface area contributed by atoms with Crippen molar-refractivity contribution < 1.29 is 14.0 Å². The number of furan rings is 1. The summed E-state index contributed by atoms with van der Waals surface area (Å²) in [5.74, 6) is -0.229. The highest BCUT2D eigenvalue weighted by Gasteiger charge is 2.33. The lowest BCUT2D eigenvalue weighted by atomic mass is 9.72. The first-order chi connectivity index (χ1) is 12.7. The molecule has 1 atom stereocenters. The zero-order chi connectivity index (χ0) is 19.8. The van der Waals surface area contributed by atoms with E-state index in [-0.39, 0.29) is 16.3 Å². The van der Waals surface area contributed by atoms with Crippen LogP contribution in [0.1, 0.15) is 58.5 Å². The van der Waals surface area contributed by atoms with E-state index in [2.05, 4.69) is 31.4 Å². The molecule has 0 saturated heterocycles. The van der Waals surface area contributed by atoms with Gasteiger partial charge in [-0.2, -0.15) is 0 Å². The number of thiophene rings is 1. The second kappa shape index (κ2) is 7.44. The van der Waals surface area contributed by atoms with Crippen molar-refractivity contribution in [3.63, 3.8) is 0 Å². The highest BCUT2D eigenvalue weighted by molar-refractivity contribution is 7.80. The molecule has 1 aliphatic carbocycles. The number of primary amides is 1. The van der Waals surface area contributed by atoms with E-state index >= 15 is 0 Å². The molecule has 0 saturated carbocycles. The van der Waals surface area contributed by atoms with Gasteiger partial charge in [0.1, 0.15) is 5.00 Å². The Bertz CT molecular complexity index is 879. The minimum Gasteiger partial charge on any atom is -0.459 e. The molecule has 3 rings (SSSR count). The Hall–Kier alpha value is -2.19. The van der Waals surface area contributed by atoms with E-state index < -0.39 is 11.8 Å². The first kappa shape index (κ1) is 19.6. The average Bonchev–Trinajstić information content (AvgIpc) is 3.20. The molecule has 2 aromatic heterocycles. The summed E-state index contributed by atoms with van der Waals surface area (Å²) in [7, 11) is 0. The quantitative estimate of drug-likeness (QED) is 0.676. The summed E-state index contributed by atoms with van der Waals surface area (Å²) in [6.07, 6.45) is 4.17. The van der Waals surface area contributed by atoms with Crippen molar-refractivity contribution in [2.24, 2.45) is 17.1 Å². The molecule has 0 unspecified atom stereocenters. The molecule has 2 aromatic rings. The summed E-state index contributed by atoms with van der Waals surface area (Å²) in [5, 5.41) is 6.21. The van der Waals surface area contributed by atoms with Crippen LogP contribution in [0.15, 0.2) is 22.8 Å². The van der Waals surface area contributed by atoms with Gasteiger partial charge < -0.3 is 15.5 Å². The fourth-order valence-electron chi connectivity index (χ4n) is 3.38. The fourth-order valence-corrected chi connectivity index (χ4v) is 4.98. The van der Waals surface area contributed by atoms with Crippen molar-refractivity contribution in [3.05, 3.63) is 40.2 Å². The summed E-state index contributed by atoms with van der Waals surface area (Å²) in [6, 6.07) is 3.17. The third kappa shape index (κ3) is 4.22. The fraction of sp³-hybridized carbons (Fsp3) is 0.421. The molecule has 0 spiro atoms. The molecule has 2 amide bonds. The minimum absolute atomic E-state index is 0.102. The minimum atomic E-state index is -0.482. The maximum atomic E-state index is 12.1. The number of amides is 2. The van der Waals surface area contributed by atoms with Gasteiger partial charge in [0.2, 0.25) is 0 Å². The zero-order valence-corrected chi connectivity index (χ0v) is 17.2. The van der Waals surface area contributed by atoms with E-state index in [0.717, 1.165) is 29.7 Å². The van der Waals surface area contributed by atoms with Crippen molar-refractivity contribution in [3.8, 4) is 0 Å². The van der Waals surface area contributed by atoms with E-state index in [1.54, 1.807) is 12.1 Å². The van der Waals surface area contributed by atoms with Gasteiger partial charge in [-0.15, -0.1) is 11.3 Å². The Morgan fingerprint density at radius 1 is 1.37 bits per heavy atom. The molecular formula is C19H23N3O3S2. The molecule has 27 heavy (non-hydrogen) atoms. The molecule has 0 bridgehead atoms. The highest BCUT2D eigenvalue weighted by atomic mass is 32.1. The van der Waals surface area contributed by atoms with E-state index in [9.17, 15) is 9.59 Å². The largest absolute Gasteiger partial charge is 0.459 e. The molecule has 0 aliphatic heterocycles. The van der Waals surface area contributed by atoms with E-state index in [0.29, 0.717) is 16.5 Å². The monoisotopic (exact) mass is 405 g/mol. The highest BCUT2D eigenvalue weighted by Crippen LogP contribution is 2.44. The first-order valence-corrected chi connectivity index (χ1v) is 9.99. The molecule has 2 heterocycles. The summed E-state index contributed by atoms with van der Waals surface area (Å²) in [5.41, 5.74) is 7.34. The van der Waals surface area contributed by atoms with Crippen LogP contribution < -0.4 is 16.4 Å². The number of anilines is 1. The van der Waals surface area contributed by atoms with E-state index in [1.807, 2.05) is 0 Å². The van der Waals surface area contributed by atoms with Crippen molar-refractivity contribution in [2.45, 2.75) is 40.0 Å². The van der Waals surface area contributed by atoms with Gasteiger partial charge in [0.05, 0.1) is 11.8 Å². The maximum Gasteiger partial charge on any atom is 0.293 e. The number of thiocarbonyl (C=S) groups is 1. The number of nitrogens with one attached hydrogen (secondary N) is 2. The number of hydrogen-bond acceptors (Lipinski definition) is 5. The summed E-state index contributed by atoms with van der Waals surface area (Å²) >= 11 is 6.71. The number of hydrogen-bond donors (Lipinski definition) is 3. The normalized spacial score (nSPS) is 16.5. The Morgan fingerprint density at radius 3 is 2.70 bits per heavy atom. The standard InChI is InChI=1S/C19H23N3O3S2/c1-19(2,3)10-6-7-11-13(9-10)27-17(14(11)15(20)23)22-18(26)21-16(24)12-5-4-8-25-12/h4-5,8,10H,6-7,9H2,1-3H3,(H2,20,23)(H2,21,22,24,26)/t10-/m1/s1. The van der Waals surface area contributed by atoms with Gasteiger partial charge in [0.25, 0.3) is 11.8 Å². The van der Waals surface area contributed by atoms with Crippen molar-refractivity contribution >= 4 is 45.5 Å². The topological polar surface area (TPSA) is 97.4 Å². The Kier molecular flexibility index (Phi) is 5.39. The van der Waals surface area contributed by atoms with E-state index in [1.165, 1.54) is 17.6 Å². The Morgan fingerprint density at radius 2 is 2.11 bits per heavy atom. The van der Waals surface area contributed by atoms with Gasteiger partial charge in [-0.1, -0.05) is 20.8 Å².